The van der Waals surface area contributed by atoms with Gasteiger partial charge in [-0.25, -0.2) is 9.78 Å². The molecule has 2 aromatic heterocycles. The number of nitrogens with zero attached hydrogens (tertiary/aromatic N) is 3. The summed E-state index contributed by atoms with van der Waals surface area (Å²) in [6.07, 6.45) is 9.11. The molecule has 2 aliphatic rings. The molecule has 1 aromatic carbocycles. The molecule has 0 spiro atoms. The molecule has 5 rings (SSSR count). The molecular weight excluding hydrogens is 404 g/mol. The Balaban J connectivity index is 0.00000259. The van der Waals surface area contributed by atoms with Crippen molar-refractivity contribution < 1.29 is 11.0 Å². The predicted molar refractivity (Wildman–Crippen MR) is 126 cm³/mol. The Morgan fingerprint density at radius 2 is 2.19 bits per heavy atom. The Hall–Kier alpha value is -3.68. The quantitative estimate of drug-likeness (QED) is 0.397. The van der Waals surface area contributed by atoms with Crippen LogP contribution in [0.15, 0.2) is 48.9 Å². The number of amides is 2. The second kappa shape index (κ2) is 7.47. The van der Waals surface area contributed by atoms with Gasteiger partial charge in [-0.15, -0.1) is 0 Å². The van der Waals surface area contributed by atoms with Gasteiger partial charge >= 0.3 is 6.03 Å². The van der Waals surface area contributed by atoms with Crippen LogP contribution in [0.5, 0.6) is 0 Å². The molecule has 2 amide bonds. The Morgan fingerprint density at radius 1 is 1.34 bits per heavy atom. The molecule has 3 N–H and O–H groups in total. The third-order valence-electron chi connectivity index (χ3n) is 6.59. The first-order valence-corrected chi connectivity index (χ1v) is 10.8. The van der Waals surface area contributed by atoms with Gasteiger partial charge < -0.3 is 19.4 Å². The summed E-state index contributed by atoms with van der Waals surface area (Å²) < 4.78 is 7.29. The van der Waals surface area contributed by atoms with Gasteiger partial charge in [0.25, 0.3) is 0 Å². The predicted octanol–water partition coefficient (Wildman–Crippen LogP) is 5.08. The molecule has 166 valence electrons. The van der Waals surface area contributed by atoms with Gasteiger partial charge in [0, 0.05) is 50.7 Å². The summed E-state index contributed by atoms with van der Waals surface area (Å²) in [7, 11) is 0. The third-order valence-corrected chi connectivity index (χ3v) is 6.59. The molecule has 32 heavy (non-hydrogen) atoms. The minimum atomic E-state index is -0.744. The lowest BCUT2D eigenvalue weighted by atomic mass is 9.68. The normalized spacial score (nSPS) is 21.7. The SMILES string of the molecule is CC(=N)OC(=N)C12CCCC(C1)N2C(=O)Nc1ccc(C)c(-c2cnc3cccn3c2)c1.[HH]. The number of nitrogens with one attached hydrogen (secondary N) is 3. The van der Waals surface area contributed by atoms with Gasteiger partial charge in [-0.05, 0) is 61.6 Å². The van der Waals surface area contributed by atoms with Crippen molar-refractivity contribution in [2.45, 2.75) is 51.1 Å². The van der Waals surface area contributed by atoms with E-state index in [4.69, 9.17) is 15.6 Å². The van der Waals surface area contributed by atoms with E-state index >= 15 is 0 Å². The summed E-state index contributed by atoms with van der Waals surface area (Å²) >= 11 is 0. The summed E-state index contributed by atoms with van der Waals surface area (Å²) in [5.41, 5.74) is 3.89. The van der Waals surface area contributed by atoms with E-state index in [9.17, 15) is 4.79 Å². The van der Waals surface area contributed by atoms with E-state index in [1.807, 2.05) is 60.2 Å². The molecule has 2 unspecified atom stereocenters. The van der Waals surface area contributed by atoms with Crippen molar-refractivity contribution in [3.05, 3.63) is 54.5 Å². The second-order valence-electron chi connectivity index (χ2n) is 8.72. The molecule has 2 fully saturated rings. The van der Waals surface area contributed by atoms with E-state index < -0.39 is 5.54 Å². The van der Waals surface area contributed by atoms with Gasteiger partial charge in [0.15, 0.2) is 5.90 Å². The molecule has 2 bridgehead atoms. The highest BCUT2D eigenvalue weighted by atomic mass is 16.5. The standard InChI is InChI=1S/C24H26N6O2.H2/c1-15-7-8-18(11-20(15)17-13-27-21-6-4-10-29(21)14-17)28-23(31)30-19-5-3-9-24(30,12-19)22(26)32-16(2)25;/h4,6-8,10-11,13-14,19,25-26H,3,5,9,12H2,1-2H3,(H,28,31);1H. The maximum Gasteiger partial charge on any atom is 0.322 e. The number of hydrogen-bond acceptors (Lipinski definition) is 5. The van der Waals surface area contributed by atoms with E-state index in [2.05, 4.69) is 10.3 Å². The number of aromatic nitrogens is 2. The number of anilines is 1. The number of piperidine rings is 1. The fourth-order valence-corrected chi connectivity index (χ4v) is 5.08. The van der Waals surface area contributed by atoms with Crippen LogP contribution in [0, 0.1) is 17.7 Å². The molecular formula is C24H28N6O2. The Kier molecular flexibility index (Phi) is 4.73. The number of carbonyl (C=O) groups excluding carboxylic acids is 1. The molecule has 8 nitrogen and oxygen atoms in total. The first-order chi connectivity index (χ1) is 15.4. The number of benzene rings is 1. The largest absolute Gasteiger partial charge is 0.428 e. The summed E-state index contributed by atoms with van der Waals surface area (Å²) in [6, 6.07) is 9.62. The summed E-state index contributed by atoms with van der Waals surface area (Å²) in [4.78, 5) is 19.5. The highest BCUT2D eigenvalue weighted by Crippen LogP contribution is 2.48. The van der Waals surface area contributed by atoms with Gasteiger partial charge in [-0.1, -0.05) is 6.07 Å². The van der Waals surface area contributed by atoms with E-state index in [0.717, 1.165) is 35.2 Å². The van der Waals surface area contributed by atoms with Crippen LogP contribution >= 0.6 is 0 Å². The minimum Gasteiger partial charge on any atom is -0.428 e. The monoisotopic (exact) mass is 432 g/mol. The van der Waals surface area contributed by atoms with Crippen LogP contribution < -0.4 is 5.32 Å². The van der Waals surface area contributed by atoms with Crippen molar-refractivity contribution in [3.8, 4) is 11.1 Å². The van der Waals surface area contributed by atoms with Crippen molar-refractivity contribution >= 4 is 29.2 Å². The fourth-order valence-electron chi connectivity index (χ4n) is 5.08. The van der Waals surface area contributed by atoms with E-state index in [1.54, 1.807) is 4.90 Å². The van der Waals surface area contributed by atoms with Crippen molar-refractivity contribution in [3.63, 3.8) is 0 Å². The molecule has 1 saturated heterocycles. The molecule has 3 heterocycles. The van der Waals surface area contributed by atoms with Gasteiger partial charge in [-0.2, -0.15) is 0 Å². The Labute approximate surface area is 187 Å². The lowest BCUT2D eigenvalue weighted by molar-refractivity contribution is -0.0329. The molecule has 8 heteroatoms. The van der Waals surface area contributed by atoms with Gasteiger partial charge in [0.05, 0.1) is 0 Å². The number of aryl methyl sites for hydroxylation is 1. The smallest absolute Gasteiger partial charge is 0.322 e. The molecule has 2 atom stereocenters. The first kappa shape index (κ1) is 20.2. The third kappa shape index (κ3) is 3.23. The lowest BCUT2D eigenvalue weighted by Gasteiger charge is -2.60. The molecule has 1 aliphatic heterocycles. The Morgan fingerprint density at radius 3 is 2.97 bits per heavy atom. The van der Waals surface area contributed by atoms with Crippen LogP contribution in [0.25, 0.3) is 16.8 Å². The number of rotatable bonds is 3. The highest BCUT2D eigenvalue weighted by Gasteiger charge is 2.60. The van der Waals surface area contributed by atoms with Crippen LogP contribution in [0.3, 0.4) is 0 Å². The average molecular weight is 433 g/mol. The topological polar surface area (TPSA) is 107 Å². The van der Waals surface area contributed by atoms with Crippen molar-refractivity contribution in [2.24, 2.45) is 0 Å². The Bertz CT molecular complexity index is 1250. The molecule has 1 saturated carbocycles. The van der Waals surface area contributed by atoms with Crippen molar-refractivity contribution in [2.75, 3.05) is 5.32 Å². The molecule has 3 aromatic rings. The number of likely N-dealkylation sites (tertiary alicyclic amines) is 1. The molecule has 0 radical (unpaired) electrons. The van der Waals surface area contributed by atoms with Crippen LogP contribution in [-0.2, 0) is 4.74 Å². The van der Waals surface area contributed by atoms with E-state index in [0.29, 0.717) is 18.5 Å². The summed E-state index contributed by atoms with van der Waals surface area (Å²) in [6.45, 7) is 3.54. The zero-order chi connectivity index (χ0) is 22.5. The van der Waals surface area contributed by atoms with E-state index in [1.165, 1.54) is 6.92 Å². The van der Waals surface area contributed by atoms with Crippen LogP contribution in [-0.4, -0.2) is 43.7 Å². The maximum atomic E-state index is 13.3. The zero-order valence-corrected chi connectivity index (χ0v) is 18.2. The maximum absolute atomic E-state index is 13.3. The first-order valence-electron chi connectivity index (χ1n) is 10.8. The number of carbonyl (C=O) groups is 1. The zero-order valence-electron chi connectivity index (χ0n) is 18.2. The highest BCUT2D eigenvalue weighted by molar-refractivity contribution is 6.00. The van der Waals surface area contributed by atoms with Crippen molar-refractivity contribution in [1.82, 2.24) is 14.3 Å². The molecule has 1 aliphatic carbocycles. The number of urea groups is 1. The number of hydrogen-bond donors (Lipinski definition) is 3. The fraction of sp³-hybridized carbons (Fsp3) is 0.333. The van der Waals surface area contributed by atoms with Crippen molar-refractivity contribution in [1.29, 1.82) is 10.8 Å². The number of ether oxygens (including phenoxy) is 1. The van der Waals surface area contributed by atoms with Crippen LogP contribution in [0.2, 0.25) is 0 Å². The summed E-state index contributed by atoms with van der Waals surface area (Å²) in [5.74, 6) is -0.0398. The second-order valence-corrected chi connectivity index (χ2v) is 8.72. The number of fused-ring (bicyclic) bond motifs is 3. The van der Waals surface area contributed by atoms with Crippen LogP contribution in [0.4, 0.5) is 10.5 Å². The van der Waals surface area contributed by atoms with Gasteiger partial charge in [0.2, 0.25) is 5.90 Å². The van der Waals surface area contributed by atoms with Gasteiger partial charge in [0.1, 0.15) is 11.2 Å². The van der Waals surface area contributed by atoms with E-state index in [-0.39, 0.29) is 25.3 Å². The average Bonchev–Trinajstić information content (AvgIpc) is 3.22. The lowest BCUT2D eigenvalue weighted by Crippen LogP contribution is -2.74. The van der Waals surface area contributed by atoms with Gasteiger partial charge in [-0.3, -0.25) is 10.8 Å². The van der Waals surface area contributed by atoms with Crippen LogP contribution in [0.1, 0.15) is 39.6 Å². The summed E-state index contributed by atoms with van der Waals surface area (Å²) in [5, 5.41) is 19.0. The minimum absolute atomic E-state index is 0.